The number of rotatable bonds is 5. The van der Waals surface area contributed by atoms with Crippen molar-refractivity contribution in [3.8, 4) is 0 Å². The van der Waals surface area contributed by atoms with Crippen LogP contribution in [0, 0.1) is 17.0 Å². The highest BCUT2D eigenvalue weighted by atomic mass is 35.5. The quantitative estimate of drug-likeness (QED) is 0.222. The van der Waals surface area contributed by atoms with Gasteiger partial charge in [-0.05, 0) is 25.1 Å². The second kappa shape index (κ2) is 7.64. The molecule has 0 aliphatic carbocycles. The van der Waals surface area contributed by atoms with E-state index < -0.39 is 4.92 Å². The maximum atomic E-state index is 12.4. The Hall–Kier alpha value is -3.24. The maximum absolute atomic E-state index is 12.4. The Morgan fingerprint density at radius 1 is 1.28 bits per heavy atom. The van der Waals surface area contributed by atoms with E-state index in [2.05, 4.69) is 20.4 Å². The number of para-hydroxylation sites is 1. The van der Waals surface area contributed by atoms with Crippen molar-refractivity contribution in [2.24, 2.45) is 0 Å². The van der Waals surface area contributed by atoms with Gasteiger partial charge in [0.15, 0.2) is 10.8 Å². The summed E-state index contributed by atoms with van der Waals surface area (Å²) in [5.74, 6) is 0.324. The molecule has 146 valence electrons. The van der Waals surface area contributed by atoms with E-state index in [0.29, 0.717) is 22.3 Å². The Labute approximate surface area is 173 Å². The van der Waals surface area contributed by atoms with Gasteiger partial charge in [-0.3, -0.25) is 14.9 Å². The molecule has 1 N–H and O–H groups in total. The average Bonchev–Trinajstić information content (AvgIpc) is 3.09. The fourth-order valence-electron chi connectivity index (χ4n) is 2.76. The minimum absolute atomic E-state index is 0.0483. The van der Waals surface area contributed by atoms with Crippen molar-refractivity contribution in [3.63, 3.8) is 0 Å². The molecule has 0 saturated carbocycles. The summed E-state index contributed by atoms with van der Waals surface area (Å²) < 4.78 is 1.62. The summed E-state index contributed by atoms with van der Waals surface area (Å²) in [4.78, 5) is 31.6. The standard InChI is InChI=1S/C18H13ClN6O3S/c1-10-20-17-12-4-2-3-5-14(12)22-18(24(17)23-10)29-9-16(26)21-15-7-6-11(25(27)28)8-13(15)19/h2-8H,9H2,1H3,(H,21,26). The molecular formula is C18H13ClN6O3S. The molecule has 0 atom stereocenters. The third-order valence-corrected chi connectivity index (χ3v) is 5.27. The van der Waals surface area contributed by atoms with E-state index in [1.807, 2.05) is 24.3 Å². The van der Waals surface area contributed by atoms with Crippen molar-refractivity contribution in [1.29, 1.82) is 0 Å². The predicted molar refractivity (Wildman–Crippen MR) is 110 cm³/mol. The number of halogens is 1. The molecule has 4 rings (SSSR count). The van der Waals surface area contributed by atoms with Crippen molar-refractivity contribution in [3.05, 3.63) is 63.4 Å². The Bertz CT molecular complexity index is 1280. The third-order valence-electron chi connectivity index (χ3n) is 4.03. The lowest BCUT2D eigenvalue weighted by Gasteiger charge is -2.08. The number of nitrogens with zero attached hydrogens (tertiary/aromatic N) is 5. The van der Waals surface area contributed by atoms with Crippen LogP contribution in [-0.2, 0) is 4.79 Å². The summed E-state index contributed by atoms with van der Waals surface area (Å²) >= 11 is 7.23. The first kappa shape index (κ1) is 19.1. The number of aromatic nitrogens is 4. The number of non-ortho nitro benzene ring substituents is 1. The molecule has 11 heteroatoms. The second-order valence-corrected chi connectivity index (χ2v) is 7.41. The van der Waals surface area contributed by atoms with Crippen molar-refractivity contribution in [2.45, 2.75) is 12.1 Å². The lowest BCUT2D eigenvalue weighted by Crippen LogP contribution is -2.15. The molecule has 0 radical (unpaired) electrons. The van der Waals surface area contributed by atoms with E-state index in [9.17, 15) is 14.9 Å². The smallest absolute Gasteiger partial charge is 0.271 e. The van der Waals surface area contributed by atoms with Crippen LogP contribution in [-0.4, -0.2) is 36.2 Å². The number of nitro benzene ring substituents is 1. The summed E-state index contributed by atoms with van der Waals surface area (Å²) in [5, 5.41) is 19.3. The predicted octanol–water partition coefficient (Wildman–Crippen LogP) is 3.88. The zero-order chi connectivity index (χ0) is 20.5. The fraction of sp³-hybridized carbons (Fsp3) is 0.111. The van der Waals surface area contributed by atoms with Crippen LogP contribution in [0.5, 0.6) is 0 Å². The molecular weight excluding hydrogens is 416 g/mol. The first-order chi connectivity index (χ1) is 13.9. The maximum Gasteiger partial charge on any atom is 0.271 e. The minimum Gasteiger partial charge on any atom is -0.324 e. The van der Waals surface area contributed by atoms with Gasteiger partial charge < -0.3 is 5.32 Å². The highest BCUT2D eigenvalue weighted by Crippen LogP contribution is 2.28. The minimum atomic E-state index is -0.552. The highest BCUT2D eigenvalue weighted by molar-refractivity contribution is 7.99. The van der Waals surface area contributed by atoms with Crippen LogP contribution >= 0.6 is 23.4 Å². The topological polar surface area (TPSA) is 115 Å². The molecule has 2 aromatic carbocycles. The van der Waals surface area contributed by atoms with Crippen LogP contribution in [0.25, 0.3) is 16.6 Å². The van der Waals surface area contributed by atoms with Crippen LogP contribution in [0.1, 0.15) is 5.82 Å². The number of nitrogens with one attached hydrogen (secondary N) is 1. The number of hydrogen-bond donors (Lipinski definition) is 1. The van der Waals surface area contributed by atoms with Crippen molar-refractivity contribution < 1.29 is 9.72 Å². The van der Waals surface area contributed by atoms with E-state index in [1.54, 1.807) is 11.4 Å². The zero-order valence-electron chi connectivity index (χ0n) is 15.0. The Morgan fingerprint density at radius 2 is 2.07 bits per heavy atom. The zero-order valence-corrected chi connectivity index (χ0v) is 16.6. The monoisotopic (exact) mass is 428 g/mol. The van der Waals surface area contributed by atoms with Gasteiger partial charge in [-0.1, -0.05) is 35.5 Å². The Balaban J connectivity index is 1.55. The van der Waals surface area contributed by atoms with E-state index in [-0.39, 0.29) is 22.4 Å². The van der Waals surface area contributed by atoms with Crippen LogP contribution in [0.3, 0.4) is 0 Å². The number of aryl methyl sites for hydroxylation is 1. The Kier molecular flexibility index (Phi) is 5.03. The van der Waals surface area contributed by atoms with Crippen molar-refractivity contribution in [2.75, 3.05) is 11.1 Å². The van der Waals surface area contributed by atoms with E-state index >= 15 is 0 Å². The van der Waals surface area contributed by atoms with Gasteiger partial charge in [0.2, 0.25) is 5.91 Å². The number of hydrogen-bond acceptors (Lipinski definition) is 7. The average molecular weight is 429 g/mol. The van der Waals surface area contributed by atoms with Crippen LogP contribution in [0.4, 0.5) is 11.4 Å². The molecule has 29 heavy (non-hydrogen) atoms. The van der Waals surface area contributed by atoms with Crippen LogP contribution in [0.2, 0.25) is 5.02 Å². The third kappa shape index (κ3) is 3.84. The van der Waals surface area contributed by atoms with Gasteiger partial charge in [0.25, 0.3) is 5.69 Å². The second-order valence-electron chi connectivity index (χ2n) is 6.06. The van der Waals surface area contributed by atoms with Gasteiger partial charge in [0.05, 0.1) is 26.9 Å². The number of fused-ring (bicyclic) bond motifs is 3. The van der Waals surface area contributed by atoms with Crippen molar-refractivity contribution >= 4 is 57.2 Å². The number of thioether (sulfide) groups is 1. The van der Waals surface area contributed by atoms with E-state index in [0.717, 1.165) is 10.9 Å². The summed E-state index contributed by atoms with van der Waals surface area (Å²) in [7, 11) is 0. The summed E-state index contributed by atoms with van der Waals surface area (Å²) in [6, 6.07) is 11.5. The molecule has 0 saturated heterocycles. The SMILES string of the molecule is Cc1nc2c3ccccc3nc(SCC(=O)Nc3ccc([N+](=O)[O-])cc3Cl)n2n1. The number of carbonyl (C=O) groups excluding carboxylic acids is 1. The molecule has 0 bridgehead atoms. The lowest BCUT2D eigenvalue weighted by molar-refractivity contribution is -0.384. The number of benzene rings is 2. The summed E-state index contributed by atoms with van der Waals surface area (Å²) in [6.45, 7) is 1.79. The molecule has 0 fully saturated rings. The van der Waals surface area contributed by atoms with Gasteiger partial charge >= 0.3 is 0 Å². The lowest BCUT2D eigenvalue weighted by atomic mass is 10.2. The molecule has 0 aliphatic rings. The molecule has 2 aromatic heterocycles. The molecule has 2 heterocycles. The van der Waals surface area contributed by atoms with Crippen molar-refractivity contribution in [1.82, 2.24) is 19.6 Å². The molecule has 0 spiro atoms. The first-order valence-corrected chi connectivity index (χ1v) is 9.77. The van der Waals surface area contributed by atoms with Gasteiger partial charge in [0.1, 0.15) is 5.82 Å². The van der Waals surface area contributed by atoms with Crippen LogP contribution in [0.15, 0.2) is 47.6 Å². The largest absolute Gasteiger partial charge is 0.324 e. The molecule has 4 aromatic rings. The first-order valence-electron chi connectivity index (χ1n) is 8.41. The molecule has 9 nitrogen and oxygen atoms in total. The Morgan fingerprint density at radius 3 is 2.83 bits per heavy atom. The van der Waals surface area contributed by atoms with E-state index in [1.165, 1.54) is 30.0 Å². The summed E-state index contributed by atoms with van der Waals surface area (Å²) in [6.07, 6.45) is 0. The number of amides is 1. The summed E-state index contributed by atoms with van der Waals surface area (Å²) in [5.41, 5.74) is 1.59. The number of carbonyl (C=O) groups is 1. The number of anilines is 1. The van der Waals surface area contributed by atoms with E-state index in [4.69, 9.17) is 11.6 Å². The van der Waals surface area contributed by atoms with Gasteiger partial charge in [-0.15, -0.1) is 5.10 Å². The molecule has 0 unspecified atom stereocenters. The normalized spacial score (nSPS) is 11.1. The molecule has 0 aliphatic heterocycles. The van der Waals surface area contributed by atoms with Crippen LogP contribution < -0.4 is 5.32 Å². The fourth-order valence-corrected chi connectivity index (χ4v) is 3.73. The van der Waals surface area contributed by atoms with Gasteiger partial charge in [-0.2, -0.15) is 4.52 Å². The van der Waals surface area contributed by atoms with Gasteiger partial charge in [-0.25, -0.2) is 9.97 Å². The highest BCUT2D eigenvalue weighted by Gasteiger charge is 2.15. The van der Waals surface area contributed by atoms with Gasteiger partial charge in [0, 0.05) is 17.5 Å². The molecule has 1 amide bonds. The number of nitro groups is 1.